The molecule has 0 bridgehead atoms. The summed E-state index contributed by atoms with van der Waals surface area (Å²) >= 11 is 3.41. The highest BCUT2D eigenvalue weighted by Crippen LogP contribution is 2.45. The maximum absolute atomic E-state index is 11.9. The van der Waals surface area contributed by atoms with Crippen LogP contribution in [0.1, 0.15) is 23.1 Å². The van der Waals surface area contributed by atoms with Crippen molar-refractivity contribution >= 4 is 21.9 Å². The van der Waals surface area contributed by atoms with Gasteiger partial charge in [-0.05, 0) is 23.3 Å². The summed E-state index contributed by atoms with van der Waals surface area (Å²) in [4.78, 5) is 11.9. The van der Waals surface area contributed by atoms with Crippen LogP contribution in [0.25, 0.3) is 0 Å². The van der Waals surface area contributed by atoms with Crippen LogP contribution in [0.3, 0.4) is 0 Å². The lowest BCUT2D eigenvalue weighted by Crippen LogP contribution is -2.06. The number of carbonyl (C=O) groups is 1. The van der Waals surface area contributed by atoms with Crippen molar-refractivity contribution in [2.45, 2.75) is 12.0 Å². The minimum atomic E-state index is -0.313. The van der Waals surface area contributed by atoms with Crippen LogP contribution < -0.4 is 0 Å². The van der Waals surface area contributed by atoms with Crippen LogP contribution >= 0.6 is 15.9 Å². The van der Waals surface area contributed by atoms with E-state index in [0.717, 1.165) is 15.6 Å². The van der Waals surface area contributed by atoms with Gasteiger partial charge in [-0.2, -0.15) is 0 Å². The molecule has 0 aromatic heterocycles. The Balaban J connectivity index is 2.02. The van der Waals surface area contributed by atoms with Gasteiger partial charge in [0.15, 0.2) is 0 Å². The van der Waals surface area contributed by atoms with Gasteiger partial charge in [-0.3, -0.25) is 0 Å². The van der Waals surface area contributed by atoms with Crippen LogP contribution in [0.4, 0.5) is 0 Å². The van der Waals surface area contributed by atoms with Gasteiger partial charge in [0.25, 0.3) is 0 Å². The normalized spacial score (nSPS) is 21.9. The molecule has 1 saturated heterocycles. The number of rotatable bonds is 2. The summed E-state index contributed by atoms with van der Waals surface area (Å²) in [6.07, 6.45) is -0.300. The number of ether oxygens (including phenoxy) is 1. The highest BCUT2D eigenvalue weighted by molar-refractivity contribution is 9.10. The van der Waals surface area contributed by atoms with Gasteiger partial charge in [0, 0.05) is 10.0 Å². The average Bonchev–Trinajstić information content (AvgIpc) is 2.77. The molecule has 100 valence electrons. The molecular formula is C17H13BrO2. The van der Waals surface area contributed by atoms with E-state index in [-0.39, 0.29) is 18.0 Å². The van der Waals surface area contributed by atoms with Crippen LogP contribution in [0.2, 0.25) is 0 Å². The molecule has 2 nitrogen and oxygen atoms in total. The second-order valence-electron chi connectivity index (χ2n) is 4.79. The Bertz CT molecular complexity index is 646. The molecule has 1 aliphatic heterocycles. The van der Waals surface area contributed by atoms with E-state index in [1.165, 1.54) is 0 Å². The molecule has 0 spiro atoms. The molecule has 2 atom stereocenters. The number of carbonyl (C=O) groups excluding carboxylic acids is 1. The van der Waals surface area contributed by atoms with E-state index < -0.39 is 0 Å². The Kier molecular flexibility index (Phi) is 3.45. The zero-order valence-electron chi connectivity index (χ0n) is 10.8. The average molecular weight is 329 g/mol. The van der Waals surface area contributed by atoms with Crippen LogP contribution in [-0.4, -0.2) is 5.97 Å². The molecule has 0 radical (unpaired) electrons. The van der Waals surface area contributed by atoms with Crippen LogP contribution in [-0.2, 0) is 9.53 Å². The van der Waals surface area contributed by atoms with Crippen LogP contribution in [0, 0.1) is 0 Å². The van der Waals surface area contributed by atoms with Crippen molar-refractivity contribution in [2.24, 2.45) is 0 Å². The molecule has 20 heavy (non-hydrogen) atoms. The topological polar surface area (TPSA) is 26.3 Å². The van der Waals surface area contributed by atoms with Crippen molar-refractivity contribution in [3.8, 4) is 0 Å². The zero-order valence-corrected chi connectivity index (χ0v) is 12.3. The molecule has 0 saturated carbocycles. The predicted molar refractivity (Wildman–Crippen MR) is 81.3 cm³/mol. The van der Waals surface area contributed by atoms with Gasteiger partial charge in [0.1, 0.15) is 6.10 Å². The molecule has 0 aliphatic carbocycles. The third-order valence-electron chi connectivity index (χ3n) is 3.53. The molecule has 3 heteroatoms. The van der Waals surface area contributed by atoms with E-state index in [1.54, 1.807) is 0 Å². The Hall–Kier alpha value is -1.87. The number of cyclic esters (lactones) is 1. The van der Waals surface area contributed by atoms with E-state index in [4.69, 9.17) is 4.74 Å². The van der Waals surface area contributed by atoms with E-state index >= 15 is 0 Å². The SMILES string of the molecule is C=C1C(=O)O[C@H](c2ccc(Br)cc2)[C@H]1c1ccccc1. The van der Waals surface area contributed by atoms with Crippen molar-refractivity contribution in [2.75, 3.05) is 0 Å². The van der Waals surface area contributed by atoms with Crippen molar-refractivity contribution < 1.29 is 9.53 Å². The monoisotopic (exact) mass is 328 g/mol. The van der Waals surface area contributed by atoms with E-state index in [9.17, 15) is 4.79 Å². The molecule has 2 aromatic carbocycles. The van der Waals surface area contributed by atoms with Gasteiger partial charge < -0.3 is 4.74 Å². The molecule has 3 rings (SSSR count). The van der Waals surface area contributed by atoms with E-state index in [0.29, 0.717) is 5.57 Å². The Morgan fingerprint density at radius 2 is 1.60 bits per heavy atom. The minimum absolute atomic E-state index is 0.120. The summed E-state index contributed by atoms with van der Waals surface area (Å²) in [6, 6.07) is 17.7. The molecule has 1 aliphatic rings. The highest BCUT2D eigenvalue weighted by Gasteiger charge is 2.40. The summed E-state index contributed by atoms with van der Waals surface area (Å²) in [5.41, 5.74) is 2.55. The lowest BCUT2D eigenvalue weighted by Gasteiger charge is -2.18. The maximum atomic E-state index is 11.9. The third kappa shape index (κ3) is 2.29. The van der Waals surface area contributed by atoms with Crippen LogP contribution in [0.5, 0.6) is 0 Å². The number of halogens is 1. The molecule has 0 N–H and O–H groups in total. The van der Waals surface area contributed by atoms with Gasteiger partial charge in [-0.1, -0.05) is 65.0 Å². The maximum Gasteiger partial charge on any atom is 0.334 e. The van der Waals surface area contributed by atoms with Gasteiger partial charge >= 0.3 is 5.97 Å². The van der Waals surface area contributed by atoms with E-state index in [1.807, 2.05) is 54.6 Å². The minimum Gasteiger partial charge on any atom is -0.453 e. The van der Waals surface area contributed by atoms with Gasteiger partial charge in [-0.25, -0.2) is 4.79 Å². The number of hydrogen-bond donors (Lipinski definition) is 0. The summed E-state index contributed by atoms with van der Waals surface area (Å²) in [6.45, 7) is 3.90. The summed E-state index contributed by atoms with van der Waals surface area (Å²) in [5, 5.41) is 0. The van der Waals surface area contributed by atoms with Crippen molar-refractivity contribution in [1.82, 2.24) is 0 Å². The summed E-state index contributed by atoms with van der Waals surface area (Å²) in [7, 11) is 0. The Morgan fingerprint density at radius 1 is 0.950 bits per heavy atom. The fraction of sp³-hybridized carbons (Fsp3) is 0.118. The lowest BCUT2D eigenvalue weighted by atomic mass is 9.86. The number of esters is 1. The second kappa shape index (κ2) is 5.25. The molecule has 1 heterocycles. The van der Waals surface area contributed by atoms with Gasteiger partial charge in [0.2, 0.25) is 0 Å². The lowest BCUT2D eigenvalue weighted by molar-refractivity contribution is -0.139. The molecule has 2 aromatic rings. The standard InChI is InChI=1S/C17H13BrO2/c1-11-15(12-5-3-2-4-6-12)16(20-17(11)19)13-7-9-14(18)10-8-13/h2-10,15-16H,1H2/t15-,16-/m1/s1. The number of hydrogen-bond acceptors (Lipinski definition) is 2. The fourth-order valence-corrected chi connectivity index (χ4v) is 2.78. The van der Waals surface area contributed by atoms with Crippen LogP contribution in [0.15, 0.2) is 71.2 Å². The zero-order chi connectivity index (χ0) is 14.1. The molecule has 1 fully saturated rings. The third-order valence-corrected chi connectivity index (χ3v) is 4.06. The number of benzene rings is 2. The quantitative estimate of drug-likeness (QED) is 0.603. The fourth-order valence-electron chi connectivity index (χ4n) is 2.52. The smallest absolute Gasteiger partial charge is 0.334 e. The van der Waals surface area contributed by atoms with E-state index in [2.05, 4.69) is 22.5 Å². The predicted octanol–water partition coefficient (Wildman–Crippen LogP) is 4.39. The molecular weight excluding hydrogens is 316 g/mol. The molecule has 0 unspecified atom stereocenters. The summed E-state index contributed by atoms with van der Waals surface area (Å²) in [5.74, 6) is -0.434. The Labute approximate surface area is 126 Å². The largest absolute Gasteiger partial charge is 0.453 e. The summed E-state index contributed by atoms with van der Waals surface area (Å²) < 4.78 is 6.51. The van der Waals surface area contributed by atoms with Gasteiger partial charge in [-0.15, -0.1) is 0 Å². The first-order valence-corrected chi connectivity index (χ1v) is 7.16. The molecule has 0 amide bonds. The Morgan fingerprint density at radius 3 is 2.25 bits per heavy atom. The van der Waals surface area contributed by atoms with Crippen molar-refractivity contribution in [3.63, 3.8) is 0 Å². The first-order valence-electron chi connectivity index (χ1n) is 6.37. The van der Waals surface area contributed by atoms with Gasteiger partial charge in [0.05, 0.1) is 5.92 Å². The van der Waals surface area contributed by atoms with Crippen molar-refractivity contribution in [1.29, 1.82) is 0 Å². The first kappa shape index (κ1) is 13.1. The second-order valence-corrected chi connectivity index (χ2v) is 5.71. The van der Waals surface area contributed by atoms with Crippen molar-refractivity contribution in [3.05, 3.63) is 82.3 Å². The highest BCUT2D eigenvalue weighted by atomic mass is 79.9. The first-order chi connectivity index (χ1) is 9.66.